The number of halogens is 1. The predicted molar refractivity (Wildman–Crippen MR) is 81.1 cm³/mol. The molecule has 3 rings (SSSR count). The Morgan fingerprint density at radius 2 is 1.95 bits per heavy atom. The summed E-state index contributed by atoms with van der Waals surface area (Å²) in [5.41, 5.74) is 11.1. The molecular weight excluding hydrogens is 292 g/mol. The van der Waals surface area contributed by atoms with Gasteiger partial charge in [0.25, 0.3) is 5.91 Å². The molecule has 8 heteroatoms. The maximum absolute atomic E-state index is 12.2. The summed E-state index contributed by atoms with van der Waals surface area (Å²) in [6.45, 7) is 0. The van der Waals surface area contributed by atoms with Crippen LogP contribution in [0.15, 0.2) is 4.99 Å². The van der Waals surface area contributed by atoms with E-state index in [1.807, 2.05) is 0 Å². The molecule has 0 spiro atoms. The van der Waals surface area contributed by atoms with Crippen molar-refractivity contribution >= 4 is 35.0 Å². The number of fused-ring (bicyclic) bond motifs is 1. The summed E-state index contributed by atoms with van der Waals surface area (Å²) >= 11 is 5.78. The van der Waals surface area contributed by atoms with Gasteiger partial charge in [-0.15, -0.1) is 0 Å². The Bertz CT molecular complexity index is 617. The minimum atomic E-state index is -0.445. The van der Waals surface area contributed by atoms with Crippen molar-refractivity contribution in [2.45, 2.75) is 38.1 Å². The summed E-state index contributed by atoms with van der Waals surface area (Å²) in [5.74, 6) is 0.776. The second-order valence-corrected chi connectivity index (χ2v) is 5.84. The number of hydrogen-bond donors (Lipinski definition) is 3. The monoisotopic (exact) mass is 308 g/mol. The molecule has 2 heterocycles. The molecule has 2 aliphatic rings. The number of carbonyl (C=O) groups is 1. The molecule has 1 aromatic rings. The van der Waals surface area contributed by atoms with Crippen LogP contribution < -0.4 is 16.8 Å². The van der Waals surface area contributed by atoms with Gasteiger partial charge in [-0.25, -0.2) is 9.97 Å². The molecule has 1 aliphatic carbocycles. The van der Waals surface area contributed by atoms with E-state index in [4.69, 9.17) is 23.1 Å². The molecule has 21 heavy (non-hydrogen) atoms. The van der Waals surface area contributed by atoms with Gasteiger partial charge in [-0.1, -0.05) is 24.4 Å². The van der Waals surface area contributed by atoms with E-state index < -0.39 is 5.91 Å². The highest BCUT2D eigenvalue weighted by Gasteiger charge is 2.32. The largest absolute Gasteiger partial charge is 0.382 e. The normalized spacial score (nSPS) is 24.3. The van der Waals surface area contributed by atoms with Crippen LogP contribution in [0.2, 0.25) is 5.15 Å². The molecule has 2 atom stereocenters. The van der Waals surface area contributed by atoms with Crippen molar-refractivity contribution in [3.05, 3.63) is 10.8 Å². The molecule has 2 unspecified atom stereocenters. The number of aromatic nitrogens is 2. The molecule has 5 N–H and O–H groups in total. The Hall–Kier alpha value is -1.89. The Labute approximate surface area is 127 Å². The number of nitrogens with zero attached hydrogens (tertiary/aromatic N) is 3. The van der Waals surface area contributed by atoms with E-state index in [0.717, 1.165) is 12.8 Å². The van der Waals surface area contributed by atoms with E-state index in [-0.39, 0.29) is 22.5 Å². The van der Waals surface area contributed by atoms with Crippen LogP contribution >= 0.6 is 11.6 Å². The average Bonchev–Trinajstić information content (AvgIpc) is 2.84. The SMILES string of the molecule is Nc1nc(N)c(C(=O)NC2=NC3CCCCC3C2)nc1Cl. The molecule has 0 bridgehead atoms. The molecule has 1 saturated carbocycles. The lowest BCUT2D eigenvalue weighted by Gasteiger charge is -2.22. The summed E-state index contributed by atoms with van der Waals surface area (Å²) in [6, 6.07) is 0.340. The highest BCUT2D eigenvalue weighted by Crippen LogP contribution is 2.33. The first-order valence-corrected chi connectivity index (χ1v) is 7.39. The number of amides is 1. The summed E-state index contributed by atoms with van der Waals surface area (Å²) < 4.78 is 0. The first-order valence-electron chi connectivity index (χ1n) is 7.01. The standard InChI is InChI=1S/C13H17ClN6O/c14-10-12(16)20-11(15)9(19-10)13(21)18-8-5-6-3-1-2-4-7(6)17-8/h6-7H,1-5H2,(H4,15,16,20)(H,17,18,21). The second kappa shape index (κ2) is 5.48. The van der Waals surface area contributed by atoms with Crippen molar-refractivity contribution in [1.82, 2.24) is 15.3 Å². The fourth-order valence-corrected chi connectivity index (χ4v) is 3.11. The number of nitrogen functional groups attached to an aromatic ring is 2. The first-order chi connectivity index (χ1) is 10.0. The third-order valence-corrected chi connectivity index (χ3v) is 4.30. The van der Waals surface area contributed by atoms with Gasteiger partial charge in [-0.2, -0.15) is 0 Å². The number of anilines is 2. The van der Waals surface area contributed by atoms with E-state index in [9.17, 15) is 4.79 Å². The molecule has 0 saturated heterocycles. The molecule has 0 radical (unpaired) electrons. The van der Waals surface area contributed by atoms with E-state index in [1.54, 1.807) is 0 Å². The van der Waals surface area contributed by atoms with Gasteiger partial charge in [0.15, 0.2) is 22.5 Å². The number of carbonyl (C=O) groups excluding carboxylic acids is 1. The van der Waals surface area contributed by atoms with Gasteiger partial charge in [0, 0.05) is 6.42 Å². The highest BCUT2D eigenvalue weighted by molar-refractivity contribution is 6.31. The average molecular weight is 309 g/mol. The number of nitrogens with one attached hydrogen (secondary N) is 1. The fraction of sp³-hybridized carbons (Fsp3) is 0.538. The van der Waals surface area contributed by atoms with Crippen molar-refractivity contribution < 1.29 is 4.79 Å². The lowest BCUT2D eigenvalue weighted by Crippen LogP contribution is -2.31. The van der Waals surface area contributed by atoms with E-state index >= 15 is 0 Å². The van der Waals surface area contributed by atoms with Crippen LogP contribution in [0.5, 0.6) is 0 Å². The van der Waals surface area contributed by atoms with Crippen LogP contribution in [0.1, 0.15) is 42.6 Å². The van der Waals surface area contributed by atoms with Crippen molar-refractivity contribution in [3.63, 3.8) is 0 Å². The Balaban J connectivity index is 1.74. The molecule has 1 aromatic heterocycles. The van der Waals surface area contributed by atoms with Crippen LogP contribution in [-0.4, -0.2) is 27.8 Å². The van der Waals surface area contributed by atoms with Crippen molar-refractivity contribution in [3.8, 4) is 0 Å². The van der Waals surface area contributed by atoms with Crippen molar-refractivity contribution in [2.24, 2.45) is 10.9 Å². The molecule has 7 nitrogen and oxygen atoms in total. The summed E-state index contributed by atoms with van der Waals surface area (Å²) in [4.78, 5) is 24.5. The quantitative estimate of drug-likeness (QED) is 0.724. The lowest BCUT2D eigenvalue weighted by molar-refractivity contribution is 0.0972. The number of amidine groups is 1. The Morgan fingerprint density at radius 1 is 1.19 bits per heavy atom. The minimum absolute atomic E-state index is 0.00921. The van der Waals surface area contributed by atoms with Gasteiger partial charge in [0.1, 0.15) is 5.84 Å². The molecule has 1 amide bonds. The third-order valence-electron chi connectivity index (χ3n) is 4.02. The zero-order chi connectivity index (χ0) is 15.0. The summed E-state index contributed by atoms with van der Waals surface area (Å²) in [5, 5.41) is 2.74. The first kappa shape index (κ1) is 14.1. The number of aliphatic imine (C=N–C) groups is 1. The third kappa shape index (κ3) is 2.78. The minimum Gasteiger partial charge on any atom is -0.382 e. The maximum Gasteiger partial charge on any atom is 0.279 e. The highest BCUT2D eigenvalue weighted by atomic mass is 35.5. The Kier molecular flexibility index (Phi) is 3.67. The predicted octanol–water partition coefficient (Wildman–Crippen LogP) is 1.39. The molecule has 1 aliphatic heterocycles. The smallest absolute Gasteiger partial charge is 0.279 e. The summed E-state index contributed by atoms with van der Waals surface area (Å²) in [7, 11) is 0. The maximum atomic E-state index is 12.2. The number of nitrogens with two attached hydrogens (primary N) is 2. The van der Waals surface area contributed by atoms with Crippen LogP contribution in [0, 0.1) is 5.92 Å². The molecule has 0 aromatic carbocycles. The van der Waals surface area contributed by atoms with E-state index in [0.29, 0.717) is 17.8 Å². The van der Waals surface area contributed by atoms with Gasteiger partial charge in [-0.3, -0.25) is 9.79 Å². The summed E-state index contributed by atoms with van der Waals surface area (Å²) in [6.07, 6.45) is 5.51. The molecule has 112 valence electrons. The Morgan fingerprint density at radius 3 is 2.71 bits per heavy atom. The van der Waals surface area contributed by atoms with Gasteiger partial charge in [0.2, 0.25) is 0 Å². The van der Waals surface area contributed by atoms with Gasteiger partial charge < -0.3 is 16.8 Å². The van der Waals surface area contributed by atoms with Crippen LogP contribution in [0.4, 0.5) is 11.6 Å². The van der Waals surface area contributed by atoms with Crippen molar-refractivity contribution in [1.29, 1.82) is 0 Å². The molecule has 1 fully saturated rings. The van der Waals surface area contributed by atoms with E-state index in [1.165, 1.54) is 19.3 Å². The van der Waals surface area contributed by atoms with Crippen LogP contribution in [0.25, 0.3) is 0 Å². The van der Waals surface area contributed by atoms with Gasteiger partial charge in [0.05, 0.1) is 6.04 Å². The van der Waals surface area contributed by atoms with Gasteiger partial charge >= 0.3 is 0 Å². The fourth-order valence-electron chi connectivity index (χ4n) is 2.98. The van der Waals surface area contributed by atoms with Gasteiger partial charge in [-0.05, 0) is 18.8 Å². The van der Waals surface area contributed by atoms with Crippen LogP contribution in [0.3, 0.4) is 0 Å². The van der Waals surface area contributed by atoms with Crippen LogP contribution in [-0.2, 0) is 0 Å². The topological polar surface area (TPSA) is 119 Å². The van der Waals surface area contributed by atoms with E-state index in [2.05, 4.69) is 20.3 Å². The van der Waals surface area contributed by atoms with Crippen molar-refractivity contribution in [2.75, 3.05) is 11.5 Å². The number of hydrogen-bond acceptors (Lipinski definition) is 6. The zero-order valence-corrected chi connectivity index (χ0v) is 12.2. The lowest BCUT2D eigenvalue weighted by atomic mass is 9.85. The number of rotatable bonds is 1. The second-order valence-electron chi connectivity index (χ2n) is 5.48. The zero-order valence-electron chi connectivity index (χ0n) is 11.5. The molecular formula is C13H17ClN6O.